The number of carbonyl (C=O) groups excluding carboxylic acids is 2. The fourth-order valence-electron chi connectivity index (χ4n) is 3.24. The third-order valence-electron chi connectivity index (χ3n) is 4.66. The zero-order valence-corrected chi connectivity index (χ0v) is 18.3. The van der Waals surface area contributed by atoms with Gasteiger partial charge in [-0.2, -0.15) is 0 Å². The second-order valence-electron chi connectivity index (χ2n) is 6.82. The van der Waals surface area contributed by atoms with E-state index in [1.54, 1.807) is 30.5 Å². The van der Waals surface area contributed by atoms with Crippen LogP contribution in [0, 0.1) is 5.92 Å². The quantitative estimate of drug-likeness (QED) is 0.656. The van der Waals surface area contributed by atoms with Crippen LogP contribution in [0.1, 0.15) is 12.8 Å². The molecule has 1 aliphatic heterocycles. The molecular formula is C20H22BrClN4O3. The number of halogens is 2. The van der Waals surface area contributed by atoms with Gasteiger partial charge in [-0.15, -0.1) is 0 Å². The average Bonchev–Trinajstić information content (AvgIpc) is 2.70. The van der Waals surface area contributed by atoms with E-state index in [4.69, 9.17) is 16.3 Å². The number of nitrogens with zero attached hydrogens (tertiary/aromatic N) is 2. The number of aromatic nitrogens is 1. The van der Waals surface area contributed by atoms with E-state index in [0.717, 1.165) is 23.9 Å². The van der Waals surface area contributed by atoms with Crippen molar-refractivity contribution in [1.82, 2.24) is 9.88 Å². The van der Waals surface area contributed by atoms with Gasteiger partial charge in [0.1, 0.15) is 11.6 Å². The molecule has 1 unspecified atom stereocenters. The Morgan fingerprint density at radius 1 is 1.31 bits per heavy atom. The molecular weight excluding hydrogens is 460 g/mol. The number of ether oxygens (including phenoxy) is 1. The van der Waals surface area contributed by atoms with Crippen LogP contribution in [0.25, 0.3) is 0 Å². The number of benzene rings is 1. The predicted octanol–water partition coefficient (Wildman–Crippen LogP) is 3.80. The predicted molar refractivity (Wildman–Crippen MR) is 116 cm³/mol. The van der Waals surface area contributed by atoms with Gasteiger partial charge in [0, 0.05) is 22.9 Å². The first kappa shape index (κ1) is 21.5. The molecule has 0 radical (unpaired) electrons. The smallest absolute Gasteiger partial charge is 0.238 e. The van der Waals surface area contributed by atoms with Crippen molar-refractivity contribution in [3.63, 3.8) is 0 Å². The van der Waals surface area contributed by atoms with E-state index in [0.29, 0.717) is 28.8 Å². The lowest BCUT2D eigenvalue weighted by molar-refractivity contribution is -0.123. The highest BCUT2D eigenvalue weighted by Crippen LogP contribution is 2.27. The molecule has 0 bridgehead atoms. The summed E-state index contributed by atoms with van der Waals surface area (Å²) < 4.78 is 5.96. The molecule has 29 heavy (non-hydrogen) atoms. The molecule has 1 fully saturated rings. The Kier molecular flexibility index (Phi) is 7.46. The SMILES string of the molecule is COc1ccc(NC(=O)CN2CCCC(C(=O)Nc3ccc(Br)cn3)C2)cc1Cl. The molecule has 1 saturated heterocycles. The molecule has 9 heteroatoms. The first-order valence-corrected chi connectivity index (χ1v) is 10.4. The highest BCUT2D eigenvalue weighted by atomic mass is 79.9. The molecule has 2 aromatic rings. The van der Waals surface area contributed by atoms with Gasteiger partial charge in [-0.05, 0) is 65.6 Å². The van der Waals surface area contributed by atoms with E-state index in [1.807, 2.05) is 11.0 Å². The van der Waals surface area contributed by atoms with E-state index in [1.165, 1.54) is 7.11 Å². The van der Waals surface area contributed by atoms with Crippen LogP contribution in [0.2, 0.25) is 5.02 Å². The number of hydrogen-bond acceptors (Lipinski definition) is 5. The number of amides is 2. The molecule has 2 N–H and O–H groups in total. The second kappa shape index (κ2) is 10.0. The summed E-state index contributed by atoms with van der Waals surface area (Å²) in [5.74, 6) is 0.658. The van der Waals surface area contributed by atoms with Crippen molar-refractivity contribution in [2.45, 2.75) is 12.8 Å². The van der Waals surface area contributed by atoms with Gasteiger partial charge in [-0.3, -0.25) is 14.5 Å². The Labute approximate surface area is 182 Å². The molecule has 7 nitrogen and oxygen atoms in total. The third kappa shape index (κ3) is 6.16. The third-order valence-corrected chi connectivity index (χ3v) is 5.42. The van der Waals surface area contributed by atoms with Gasteiger partial charge < -0.3 is 15.4 Å². The highest BCUT2D eigenvalue weighted by Gasteiger charge is 2.27. The highest BCUT2D eigenvalue weighted by molar-refractivity contribution is 9.10. The van der Waals surface area contributed by atoms with Crippen LogP contribution in [0.5, 0.6) is 5.75 Å². The molecule has 1 aromatic carbocycles. The summed E-state index contributed by atoms with van der Waals surface area (Å²) in [6.07, 6.45) is 3.28. The Bertz CT molecular complexity index is 879. The van der Waals surface area contributed by atoms with Crippen LogP contribution in [0.15, 0.2) is 41.0 Å². The normalized spacial score (nSPS) is 16.9. The van der Waals surface area contributed by atoms with Gasteiger partial charge in [0.25, 0.3) is 0 Å². The number of methoxy groups -OCH3 is 1. The Balaban J connectivity index is 1.52. The number of pyridine rings is 1. The Hall–Kier alpha value is -2.16. The minimum atomic E-state index is -0.183. The van der Waals surface area contributed by atoms with Gasteiger partial charge in [-0.25, -0.2) is 4.98 Å². The van der Waals surface area contributed by atoms with Crippen molar-refractivity contribution < 1.29 is 14.3 Å². The Morgan fingerprint density at radius 3 is 2.83 bits per heavy atom. The lowest BCUT2D eigenvalue weighted by Crippen LogP contribution is -2.44. The maximum absolute atomic E-state index is 12.6. The van der Waals surface area contributed by atoms with Gasteiger partial charge >= 0.3 is 0 Å². The first-order chi connectivity index (χ1) is 13.9. The minimum absolute atomic E-state index is 0.0770. The van der Waals surface area contributed by atoms with Crippen molar-refractivity contribution in [3.05, 3.63) is 46.0 Å². The number of anilines is 2. The molecule has 1 aromatic heterocycles. The minimum Gasteiger partial charge on any atom is -0.495 e. The van der Waals surface area contributed by atoms with Crippen molar-refractivity contribution in [1.29, 1.82) is 0 Å². The van der Waals surface area contributed by atoms with E-state index >= 15 is 0 Å². The molecule has 2 heterocycles. The van der Waals surface area contributed by atoms with E-state index in [-0.39, 0.29) is 24.3 Å². The Morgan fingerprint density at radius 2 is 2.14 bits per heavy atom. The molecule has 0 saturated carbocycles. The van der Waals surface area contributed by atoms with E-state index < -0.39 is 0 Å². The summed E-state index contributed by atoms with van der Waals surface area (Å²) in [6.45, 7) is 1.51. The monoisotopic (exact) mass is 480 g/mol. The lowest BCUT2D eigenvalue weighted by Gasteiger charge is -2.31. The van der Waals surface area contributed by atoms with Crippen LogP contribution in [-0.4, -0.2) is 48.4 Å². The molecule has 0 aliphatic carbocycles. The molecule has 2 amide bonds. The molecule has 0 spiro atoms. The summed E-state index contributed by atoms with van der Waals surface area (Å²) in [4.78, 5) is 31.1. The lowest BCUT2D eigenvalue weighted by atomic mass is 9.97. The summed E-state index contributed by atoms with van der Waals surface area (Å²) in [7, 11) is 1.54. The topological polar surface area (TPSA) is 83.6 Å². The number of nitrogens with one attached hydrogen (secondary N) is 2. The van der Waals surface area contributed by atoms with E-state index in [9.17, 15) is 9.59 Å². The standard InChI is InChI=1S/C20H22BrClN4O3/c1-29-17-6-5-15(9-16(17)22)24-19(27)12-26-8-2-3-13(11-26)20(28)25-18-7-4-14(21)10-23-18/h4-7,9-10,13H,2-3,8,11-12H2,1H3,(H,24,27)(H,23,25,28). The number of piperidine rings is 1. The summed E-state index contributed by atoms with van der Waals surface area (Å²) in [5.41, 5.74) is 0.605. The molecule has 1 aliphatic rings. The van der Waals surface area contributed by atoms with E-state index in [2.05, 4.69) is 31.5 Å². The van der Waals surface area contributed by atoms with Gasteiger partial charge in [0.2, 0.25) is 11.8 Å². The van der Waals surface area contributed by atoms with Crippen molar-refractivity contribution in [3.8, 4) is 5.75 Å². The van der Waals surface area contributed by atoms with Gasteiger partial charge in [0.05, 0.1) is 24.6 Å². The average molecular weight is 482 g/mol. The van der Waals surface area contributed by atoms with Crippen molar-refractivity contribution in [2.24, 2.45) is 5.92 Å². The van der Waals surface area contributed by atoms with Crippen LogP contribution in [0.4, 0.5) is 11.5 Å². The zero-order valence-electron chi connectivity index (χ0n) is 16.0. The number of likely N-dealkylation sites (tertiary alicyclic amines) is 1. The number of rotatable bonds is 6. The zero-order chi connectivity index (χ0) is 20.8. The van der Waals surface area contributed by atoms with Crippen LogP contribution >= 0.6 is 27.5 Å². The van der Waals surface area contributed by atoms with Crippen molar-refractivity contribution in [2.75, 3.05) is 37.4 Å². The number of hydrogen-bond donors (Lipinski definition) is 2. The van der Waals surface area contributed by atoms with Crippen molar-refractivity contribution >= 4 is 50.9 Å². The van der Waals surface area contributed by atoms with Crippen LogP contribution in [-0.2, 0) is 9.59 Å². The van der Waals surface area contributed by atoms with Crippen LogP contribution < -0.4 is 15.4 Å². The summed E-state index contributed by atoms with van der Waals surface area (Å²) in [5, 5.41) is 6.11. The van der Waals surface area contributed by atoms with Gasteiger partial charge in [0.15, 0.2) is 0 Å². The fraction of sp³-hybridized carbons (Fsp3) is 0.350. The van der Waals surface area contributed by atoms with Gasteiger partial charge in [-0.1, -0.05) is 11.6 Å². The molecule has 154 valence electrons. The summed E-state index contributed by atoms with van der Waals surface area (Å²) >= 11 is 9.42. The fourth-order valence-corrected chi connectivity index (χ4v) is 3.73. The van der Waals surface area contributed by atoms with Crippen LogP contribution in [0.3, 0.4) is 0 Å². The maximum Gasteiger partial charge on any atom is 0.238 e. The molecule has 3 rings (SSSR count). The largest absolute Gasteiger partial charge is 0.495 e. The first-order valence-electron chi connectivity index (χ1n) is 9.23. The second-order valence-corrected chi connectivity index (χ2v) is 8.15. The summed E-state index contributed by atoms with van der Waals surface area (Å²) in [6, 6.07) is 8.66. The number of carbonyl (C=O) groups is 2. The molecule has 1 atom stereocenters. The maximum atomic E-state index is 12.6.